The lowest BCUT2D eigenvalue weighted by atomic mass is 10.1. The zero-order valence-electron chi connectivity index (χ0n) is 10.0. The first-order valence-corrected chi connectivity index (χ1v) is 7.65. The molecule has 0 saturated carbocycles. The van der Waals surface area contributed by atoms with E-state index in [1.54, 1.807) is 11.8 Å². The highest BCUT2D eigenvalue weighted by Crippen LogP contribution is 2.34. The van der Waals surface area contributed by atoms with Crippen LogP contribution in [0.5, 0.6) is 0 Å². The van der Waals surface area contributed by atoms with E-state index in [0.717, 1.165) is 11.7 Å². The molecule has 1 heterocycles. The van der Waals surface area contributed by atoms with Gasteiger partial charge in [-0.25, -0.2) is 4.39 Å². The summed E-state index contributed by atoms with van der Waals surface area (Å²) in [5.41, 5.74) is 0.661. The zero-order valence-corrected chi connectivity index (χ0v) is 13.2. The Kier molecular flexibility index (Phi) is 4.56. The molecule has 0 spiro atoms. The Morgan fingerprint density at radius 3 is 2.83 bits per heavy atom. The number of halogens is 3. The van der Waals surface area contributed by atoms with E-state index in [1.807, 2.05) is 0 Å². The Morgan fingerprint density at radius 1 is 1.56 bits per heavy atom. The normalized spacial score (nSPS) is 19.2. The van der Waals surface area contributed by atoms with Gasteiger partial charge in [-0.15, -0.1) is 0 Å². The van der Waals surface area contributed by atoms with E-state index >= 15 is 0 Å². The molecular weight excluding hydrogens is 339 g/mol. The van der Waals surface area contributed by atoms with E-state index in [2.05, 4.69) is 40.1 Å². The quantitative estimate of drug-likeness (QED) is 0.829. The van der Waals surface area contributed by atoms with Gasteiger partial charge in [-0.2, -0.15) is 0 Å². The number of nitrogens with zero attached hydrogens (tertiary/aromatic N) is 1. The van der Waals surface area contributed by atoms with E-state index < -0.39 is 0 Å². The Bertz CT molecular complexity index is 470. The molecule has 0 saturated heterocycles. The smallest absolute Gasteiger partial charge is 0.161 e. The molecule has 0 aliphatic carbocycles. The van der Waals surface area contributed by atoms with Crippen LogP contribution in [0.15, 0.2) is 21.6 Å². The zero-order chi connectivity index (χ0) is 13.3. The molecule has 1 aliphatic heterocycles. The number of benzene rings is 1. The van der Waals surface area contributed by atoms with E-state index in [0.29, 0.717) is 26.4 Å². The number of amidine groups is 1. The van der Waals surface area contributed by atoms with Gasteiger partial charge in [0, 0.05) is 9.72 Å². The topological polar surface area (TPSA) is 24.4 Å². The molecule has 1 atom stereocenters. The highest BCUT2D eigenvalue weighted by atomic mass is 79.9. The molecule has 0 aromatic heterocycles. The van der Waals surface area contributed by atoms with Crippen molar-refractivity contribution in [3.05, 3.63) is 27.4 Å². The van der Waals surface area contributed by atoms with Gasteiger partial charge in [0.05, 0.1) is 17.3 Å². The molecule has 1 aromatic rings. The minimum Gasteiger partial charge on any atom is -0.333 e. The first kappa shape index (κ1) is 14.2. The molecule has 0 amide bonds. The van der Waals surface area contributed by atoms with Crippen LogP contribution in [0.2, 0.25) is 5.02 Å². The number of hydrogen-bond donors (Lipinski definition) is 1. The van der Waals surface area contributed by atoms with Crippen molar-refractivity contribution >= 4 is 50.1 Å². The monoisotopic (exact) mass is 350 g/mol. The van der Waals surface area contributed by atoms with Gasteiger partial charge < -0.3 is 5.32 Å². The highest BCUT2D eigenvalue weighted by Gasteiger charge is 2.23. The molecule has 0 bridgehead atoms. The van der Waals surface area contributed by atoms with Crippen molar-refractivity contribution in [3.63, 3.8) is 0 Å². The Morgan fingerprint density at radius 2 is 2.28 bits per heavy atom. The first-order chi connectivity index (χ1) is 8.47. The summed E-state index contributed by atoms with van der Waals surface area (Å²) in [4.78, 5) is 4.43. The molecule has 2 rings (SSSR count). The van der Waals surface area contributed by atoms with Gasteiger partial charge in [-0.1, -0.05) is 37.2 Å². The lowest BCUT2D eigenvalue weighted by Gasteiger charge is -2.13. The summed E-state index contributed by atoms with van der Waals surface area (Å²) in [5.74, 6) is 0.212. The molecule has 2 nitrogen and oxygen atoms in total. The Balaban J connectivity index is 2.12. The van der Waals surface area contributed by atoms with Crippen LogP contribution in [-0.2, 0) is 0 Å². The van der Waals surface area contributed by atoms with E-state index in [9.17, 15) is 4.39 Å². The van der Waals surface area contributed by atoms with Crippen LogP contribution in [0.1, 0.15) is 13.8 Å². The largest absolute Gasteiger partial charge is 0.333 e. The third kappa shape index (κ3) is 3.19. The predicted molar refractivity (Wildman–Crippen MR) is 81.3 cm³/mol. The summed E-state index contributed by atoms with van der Waals surface area (Å²) in [6, 6.07) is 2.67. The highest BCUT2D eigenvalue weighted by molar-refractivity contribution is 9.10. The summed E-state index contributed by atoms with van der Waals surface area (Å²) in [5, 5.41) is 4.83. The Labute approximate surface area is 124 Å². The van der Waals surface area contributed by atoms with Crippen molar-refractivity contribution < 1.29 is 4.39 Å². The van der Waals surface area contributed by atoms with Gasteiger partial charge in [-0.05, 0) is 34.0 Å². The SMILES string of the molecule is CC(C)C1CN=C(Nc2c(Cl)cc(F)cc2Br)S1. The summed E-state index contributed by atoms with van der Waals surface area (Å²) < 4.78 is 13.7. The van der Waals surface area contributed by atoms with Crippen LogP contribution < -0.4 is 5.32 Å². The number of aliphatic imine (C=N–C) groups is 1. The van der Waals surface area contributed by atoms with Crippen LogP contribution in [0.4, 0.5) is 10.1 Å². The van der Waals surface area contributed by atoms with Crippen LogP contribution in [0, 0.1) is 11.7 Å². The molecule has 6 heteroatoms. The van der Waals surface area contributed by atoms with Gasteiger partial charge in [-0.3, -0.25) is 4.99 Å². The summed E-state index contributed by atoms with van der Waals surface area (Å²) in [6.07, 6.45) is 0. The third-order valence-corrected chi connectivity index (χ3v) is 5.03. The molecule has 0 radical (unpaired) electrons. The van der Waals surface area contributed by atoms with Crippen molar-refractivity contribution in [3.8, 4) is 0 Å². The predicted octanol–water partition coefficient (Wildman–Crippen LogP) is 4.78. The van der Waals surface area contributed by atoms with Gasteiger partial charge in [0.2, 0.25) is 0 Å². The van der Waals surface area contributed by atoms with Crippen molar-refractivity contribution in [2.24, 2.45) is 10.9 Å². The van der Waals surface area contributed by atoms with Gasteiger partial charge in [0.15, 0.2) is 5.17 Å². The van der Waals surface area contributed by atoms with Gasteiger partial charge in [0.25, 0.3) is 0 Å². The maximum absolute atomic E-state index is 13.1. The number of nitrogens with one attached hydrogen (secondary N) is 1. The minimum absolute atomic E-state index is 0.346. The molecule has 0 fully saturated rings. The van der Waals surface area contributed by atoms with Gasteiger partial charge >= 0.3 is 0 Å². The van der Waals surface area contributed by atoms with Crippen LogP contribution in [-0.4, -0.2) is 17.0 Å². The number of hydrogen-bond acceptors (Lipinski definition) is 3. The molecule has 1 unspecified atom stereocenters. The van der Waals surface area contributed by atoms with Crippen molar-refractivity contribution in [1.29, 1.82) is 0 Å². The number of rotatable bonds is 2. The lowest BCUT2D eigenvalue weighted by Crippen LogP contribution is -2.13. The van der Waals surface area contributed by atoms with Gasteiger partial charge in [0.1, 0.15) is 5.82 Å². The molecular formula is C12H13BrClFN2S. The van der Waals surface area contributed by atoms with Crippen LogP contribution in [0.25, 0.3) is 0 Å². The number of thioether (sulfide) groups is 1. The maximum atomic E-state index is 13.1. The van der Waals surface area contributed by atoms with Crippen molar-refractivity contribution in [1.82, 2.24) is 0 Å². The van der Waals surface area contributed by atoms with E-state index in [-0.39, 0.29) is 5.82 Å². The average Bonchev–Trinajstić information content (AvgIpc) is 2.71. The fourth-order valence-electron chi connectivity index (χ4n) is 1.58. The van der Waals surface area contributed by atoms with E-state index in [4.69, 9.17) is 11.6 Å². The molecule has 1 N–H and O–H groups in total. The minimum atomic E-state index is -0.363. The molecule has 18 heavy (non-hydrogen) atoms. The lowest BCUT2D eigenvalue weighted by molar-refractivity contribution is 0.621. The van der Waals surface area contributed by atoms with Crippen LogP contribution >= 0.6 is 39.3 Å². The fourth-order valence-corrected chi connectivity index (χ4v) is 3.49. The number of anilines is 1. The molecule has 98 valence electrons. The van der Waals surface area contributed by atoms with Crippen molar-refractivity contribution in [2.75, 3.05) is 11.9 Å². The molecule has 1 aromatic carbocycles. The van der Waals surface area contributed by atoms with E-state index in [1.165, 1.54) is 12.1 Å². The first-order valence-electron chi connectivity index (χ1n) is 5.60. The maximum Gasteiger partial charge on any atom is 0.161 e. The average molecular weight is 352 g/mol. The summed E-state index contributed by atoms with van der Waals surface area (Å²) >= 11 is 11.0. The summed E-state index contributed by atoms with van der Waals surface area (Å²) in [7, 11) is 0. The Hall–Kier alpha value is -0.260. The third-order valence-electron chi connectivity index (χ3n) is 2.66. The molecule has 1 aliphatic rings. The second-order valence-corrected chi connectivity index (χ2v) is 6.91. The van der Waals surface area contributed by atoms with Crippen molar-refractivity contribution in [2.45, 2.75) is 19.1 Å². The summed E-state index contributed by atoms with van der Waals surface area (Å²) in [6.45, 7) is 5.16. The standard InChI is InChI=1S/C12H13BrClFN2S/c1-6(2)10-5-16-12(18-10)17-11-8(13)3-7(15)4-9(11)14/h3-4,6,10H,5H2,1-2H3,(H,16,17). The second kappa shape index (κ2) is 5.80. The second-order valence-electron chi connectivity index (χ2n) is 4.42. The van der Waals surface area contributed by atoms with Crippen LogP contribution in [0.3, 0.4) is 0 Å². The fraction of sp³-hybridized carbons (Fsp3) is 0.417.